The third-order valence-corrected chi connectivity index (χ3v) is 2.46. The molecule has 1 aromatic heterocycles. The molecule has 1 N–H and O–H groups in total. The highest BCUT2D eigenvalue weighted by atomic mass is 16.6. The van der Waals surface area contributed by atoms with E-state index in [0.717, 1.165) is 0 Å². The second-order valence-electron chi connectivity index (χ2n) is 3.95. The van der Waals surface area contributed by atoms with Crippen LogP contribution in [0, 0.1) is 10.1 Å². The maximum absolute atomic E-state index is 11.9. The quantitative estimate of drug-likeness (QED) is 0.479. The molecule has 122 valence electrons. The third kappa shape index (κ3) is 4.96. The number of nitro groups is 1. The first-order chi connectivity index (χ1) is 10.5. The number of hydrazine groups is 1. The molecular weight excluding hydrogens is 298 g/mol. The number of nitrogens with zero attached hydrogens (tertiary/aromatic N) is 2. The predicted molar refractivity (Wildman–Crippen MR) is 72.2 cm³/mol. The fourth-order valence-corrected chi connectivity index (χ4v) is 1.57. The number of carbonyl (C=O) groups is 2. The van der Waals surface area contributed by atoms with Crippen LogP contribution >= 0.6 is 0 Å². The first-order valence-corrected chi connectivity index (χ1v) is 6.54. The summed E-state index contributed by atoms with van der Waals surface area (Å²) in [5.74, 6) is 0.279. The van der Waals surface area contributed by atoms with E-state index in [-0.39, 0.29) is 25.4 Å². The molecule has 0 aliphatic rings. The van der Waals surface area contributed by atoms with Crippen molar-refractivity contribution in [2.45, 2.75) is 26.4 Å². The summed E-state index contributed by atoms with van der Waals surface area (Å²) in [6, 6.07) is 3.07. The van der Waals surface area contributed by atoms with Gasteiger partial charge in [-0.1, -0.05) is 0 Å². The SMILES string of the molecule is CCOC(=O)NN(C(=O)OCC)C(Cc1ccco1)[N+](=O)[O-]. The zero-order valence-corrected chi connectivity index (χ0v) is 12.2. The fraction of sp³-hybridized carbons (Fsp3) is 0.500. The summed E-state index contributed by atoms with van der Waals surface area (Å²) in [5, 5.41) is 11.7. The Morgan fingerprint density at radius 2 is 2.09 bits per heavy atom. The Balaban J connectivity index is 2.94. The Bertz CT molecular complexity index is 503. The van der Waals surface area contributed by atoms with Crippen LogP contribution in [0.1, 0.15) is 19.6 Å². The summed E-state index contributed by atoms with van der Waals surface area (Å²) >= 11 is 0. The molecule has 1 heterocycles. The van der Waals surface area contributed by atoms with Crippen molar-refractivity contribution < 1.29 is 28.4 Å². The van der Waals surface area contributed by atoms with Gasteiger partial charge in [0.1, 0.15) is 5.76 Å². The molecule has 0 bridgehead atoms. The molecule has 0 fully saturated rings. The number of furan rings is 1. The lowest BCUT2D eigenvalue weighted by Crippen LogP contribution is -2.55. The topological polar surface area (TPSA) is 124 Å². The Labute approximate surface area is 126 Å². The lowest BCUT2D eigenvalue weighted by Gasteiger charge is -2.24. The van der Waals surface area contributed by atoms with Crippen molar-refractivity contribution in [3.05, 3.63) is 34.3 Å². The van der Waals surface area contributed by atoms with Crippen LogP contribution in [0.5, 0.6) is 0 Å². The lowest BCUT2D eigenvalue weighted by atomic mass is 10.2. The van der Waals surface area contributed by atoms with Crippen molar-refractivity contribution in [3.8, 4) is 0 Å². The number of hydrogen-bond donors (Lipinski definition) is 1. The van der Waals surface area contributed by atoms with Gasteiger partial charge in [0.05, 0.1) is 25.9 Å². The van der Waals surface area contributed by atoms with E-state index in [4.69, 9.17) is 9.15 Å². The van der Waals surface area contributed by atoms with Gasteiger partial charge in [0.25, 0.3) is 0 Å². The Morgan fingerprint density at radius 3 is 2.59 bits per heavy atom. The average molecular weight is 315 g/mol. The van der Waals surface area contributed by atoms with Crippen molar-refractivity contribution in [2.24, 2.45) is 0 Å². The maximum Gasteiger partial charge on any atom is 0.434 e. The molecule has 10 nitrogen and oxygen atoms in total. The van der Waals surface area contributed by atoms with Gasteiger partial charge in [0.15, 0.2) is 0 Å². The number of amides is 2. The number of carbonyl (C=O) groups excluding carboxylic acids is 2. The molecule has 1 unspecified atom stereocenters. The van der Waals surface area contributed by atoms with Crippen LogP contribution in [0.4, 0.5) is 9.59 Å². The van der Waals surface area contributed by atoms with Crippen LogP contribution in [0.25, 0.3) is 0 Å². The number of rotatable bonds is 6. The normalized spacial score (nSPS) is 11.4. The van der Waals surface area contributed by atoms with Gasteiger partial charge in [-0.2, -0.15) is 0 Å². The smallest absolute Gasteiger partial charge is 0.434 e. The lowest BCUT2D eigenvalue weighted by molar-refractivity contribution is -0.548. The zero-order valence-electron chi connectivity index (χ0n) is 12.2. The van der Waals surface area contributed by atoms with Crippen molar-refractivity contribution in [1.29, 1.82) is 0 Å². The highest BCUT2D eigenvalue weighted by Crippen LogP contribution is 2.10. The fourth-order valence-electron chi connectivity index (χ4n) is 1.57. The van der Waals surface area contributed by atoms with E-state index in [1.807, 2.05) is 5.43 Å². The molecule has 0 aromatic carbocycles. The van der Waals surface area contributed by atoms with Crippen LogP contribution in [-0.4, -0.2) is 41.5 Å². The second-order valence-corrected chi connectivity index (χ2v) is 3.95. The van der Waals surface area contributed by atoms with Crippen molar-refractivity contribution in [2.75, 3.05) is 13.2 Å². The number of nitrogens with one attached hydrogen (secondary N) is 1. The van der Waals surface area contributed by atoms with Crippen LogP contribution in [0.15, 0.2) is 22.8 Å². The standard InChI is InChI=1S/C12H17N3O7/c1-3-20-11(16)13-14(12(17)21-4-2)10(15(18)19)8-9-6-5-7-22-9/h5-7,10H,3-4,8H2,1-2H3,(H,13,16). The Hall–Kier alpha value is -2.78. The molecule has 0 aliphatic carbocycles. The van der Waals surface area contributed by atoms with Crippen LogP contribution < -0.4 is 5.43 Å². The molecule has 0 saturated carbocycles. The summed E-state index contributed by atoms with van der Waals surface area (Å²) in [7, 11) is 0. The Kier molecular flexibility index (Phi) is 6.67. The first kappa shape index (κ1) is 17.3. The third-order valence-electron chi connectivity index (χ3n) is 2.46. The molecule has 1 aromatic rings. The number of hydrogen-bond acceptors (Lipinski definition) is 7. The molecule has 0 spiro atoms. The molecule has 22 heavy (non-hydrogen) atoms. The summed E-state index contributed by atoms with van der Waals surface area (Å²) < 4.78 is 14.4. The zero-order chi connectivity index (χ0) is 16.5. The van der Waals surface area contributed by atoms with Gasteiger partial charge in [-0.05, 0) is 26.0 Å². The van der Waals surface area contributed by atoms with Gasteiger partial charge < -0.3 is 13.9 Å². The van der Waals surface area contributed by atoms with Crippen LogP contribution in [0.2, 0.25) is 0 Å². The molecule has 2 amide bonds. The van der Waals surface area contributed by atoms with Crippen molar-refractivity contribution in [3.63, 3.8) is 0 Å². The van der Waals surface area contributed by atoms with Gasteiger partial charge in [-0.3, -0.25) is 10.1 Å². The molecule has 0 radical (unpaired) electrons. The summed E-state index contributed by atoms with van der Waals surface area (Å²) in [4.78, 5) is 33.8. The summed E-state index contributed by atoms with van der Waals surface area (Å²) in [6.45, 7) is 3.13. The van der Waals surface area contributed by atoms with E-state index in [9.17, 15) is 19.7 Å². The van der Waals surface area contributed by atoms with E-state index < -0.39 is 23.3 Å². The molecule has 1 atom stereocenters. The van der Waals surface area contributed by atoms with Gasteiger partial charge in [0, 0.05) is 4.92 Å². The van der Waals surface area contributed by atoms with Gasteiger partial charge in [-0.15, -0.1) is 5.01 Å². The molecular formula is C12H17N3O7. The highest BCUT2D eigenvalue weighted by Gasteiger charge is 2.37. The molecule has 1 rings (SSSR count). The van der Waals surface area contributed by atoms with E-state index >= 15 is 0 Å². The van der Waals surface area contributed by atoms with E-state index in [2.05, 4.69) is 4.74 Å². The number of ether oxygens (including phenoxy) is 2. The van der Waals surface area contributed by atoms with Crippen molar-refractivity contribution >= 4 is 12.2 Å². The first-order valence-electron chi connectivity index (χ1n) is 6.54. The predicted octanol–water partition coefficient (Wildman–Crippen LogP) is 1.54. The monoisotopic (exact) mass is 315 g/mol. The van der Waals surface area contributed by atoms with Crippen LogP contribution in [0.3, 0.4) is 0 Å². The largest absolute Gasteiger partial charge is 0.469 e. The average Bonchev–Trinajstić information content (AvgIpc) is 2.96. The Morgan fingerprint density at radius 1 is 1.41 bits per heavy atom. The summed E-state index contributed by atoms with van der Waals surface area (Å²) in [6.07, 6.45) is -2.56. The highest BCUT2D eigenvalue weighted by molar-refractivity contribution is 5.74. The molecule has 0 aliphatic heterocycles. The van der Waals surface area contributed by atoms with Gasteiger partial charge in [0.2, 0.25) is 0 Å². The maximum atomic E-state index is 11.9. The van der Waals surface area contributed by atoms with Crippen LogP contribution in [-0.2, 0) is 15.9 Å². The van der Waals surface area contributed by atoms with E-state index in [1.165, 1.54) is 19.3 Å². The van der Waals surface area contributed by atoms with Gasteiger partial charge in [-0.25, -0.2) is 15.0 Å². The van der Waals surface area contributed by atoms with Gasteiger partial charge >= 0.3 is 18.4 Å². The van der Waals surface area contributed by atoms with Crippen molar-refractivity contribution in [1.82, 2.24) is 10.4 Å². The minimum absolute atomic E-state index is 0.00890. The minimum Gasteiger partial charge on any atom is -0.469 e. The van der Waals surface area contributed by atoms with E-state index in [0.29, 0.717) is 5.01 Å². The van der Waals surface area contributed by atoms with E-state index in [1.54, 1.807) is 13.0 Å². The molecule has 10 heteroatoms. The molecule has 0 saturated heterocycles. The second kappa shape index (κ2) is 8.49. The minimum atomic E-state index is -1.60. The summed E-state index contributed by atoms with van der Waals surface area (Å²) in [5.41, 5.74) is 2.01.